The van der Waals surface area contributed by atoms with Crippen molar-refractivity contribution in [1.29, 1.82) is 5.26 Å². The molecular weight excluding hydrogens is 257 g/mol. The SMILES string of the molecule is C[C@H](O)c1ccc(OCc2cccc(C#N)c2)c(F)c1. The first-order chi connectivity index (χ1) is 9.60. The van der Waals surface area contributed by atoms with Crippen molar-refractivity contribution in [2.75, 3.05) is 0 Å². The second kappa shape index (κ2) is 6.18. The molecule has 102 valence electrons. The van der Waals surface area contributed by atoms with Gasteiger partial charge in [0.2, 0.25) is 0 Å². The van der Waals surface area contributed by atoms with E-state index in [1.165, 1.54) is 12.1 Å². The van der Waals surface area contributed by atoms with Crippen LogP contribution >= 0.6 is 0 Å². The molecule has 0 aliphatic carbocycles. The van der Waals surface area contributed by atoms with Crippen molar-refractivity contribution >= 4 is 0 Å². The molecular formula is C16H14FNO2. The van der Waals surface area contributed by atoms with Crippen LogP contribution in [0.2, 0.25) is 0 Å². The minimum absolute atomic E-state index is 0.122. The average molecular weight is 271 g/mol. The molecule has 0 amide bonds. The number of hydrogen-bond donors (Lipinski definition) is 1. The van der Waals surface area contributed by atoms with Crippen LogP contribution in [0.3, 0.4) is 0 Å². The summed E-state index contributed by atoms with van der Waals surface area (Å²) in [5.74, 6) is -0.392. The molecule has 3 nitrogen and oxygen atoms in total. The minimum atomic E-state index is -0.717. The Morgan fingerprint density at radius 1 is 1.30 bits per heavy atom. The van der Waals surface area contributed by atoms with Crippen LogP contribution in [0, 0.1) is 17.1 Å². The fraction of sp³-hybridized carbons (Fsp3) is 0.188. The molecule has 0 saturated heterocycles. The first-order valence-electron chi connectivity index (χ1n) is 6.19. The monoisotopic (exact) mass is 271 g/mol. The van der Waals surface area contributed by atoms with E-state index >= 15 is 0 Å². The number of hydrogen-bond acceptors (Lipinski definition) is 3. The second-order valence-electron chi connectivity index (χ2n) is 4.47. The highest BCUT2D eigenvalue weighted by Gasteiger charge is 2.08. The molecule has 0 aliphatic rings. The van der Waals surface area contributed by atoms with Gasteiger partial charge in [-0.3, -0.25) is 0 Å². The molecule has 0 spiro atoms. The number of benzene rings is 2. The predicted molar refractivity (Wildman–Crippen MR) is 72.5 cm³/mol. The van der Waals surface area contributed by atoms with Crippen molar-refractivity contribution in [3.05, 3.63) is 65.0 Å². The van der Waals surface area contributed by atoms with Crippen LogP contribution in [0.15, 0.2) is 42.5 Å². The largest absolute Gasteiger partial charge is 0.486 e. The highest BCUT2D eigenvalue weighted by molar-refractivity contribution is 5.34. The van der Waals surface area contributed by atoms with Crippen LogP contribution in [0.1, 0.15) is 29.7 Å². The van der Waals surface area contributed by atoms with Gasteiger partial charge in [0.15, 0.2) is 11.6 Å². The zero-order chi connectivity index (χ0) is 14.5. The van der Waals surface area contributed by atoms with E-state index in [1.807, 2.05) is 12.1 Å². The van der Waals surface area contributed by atoms with E-state index < -0.39 is 11.9 Å². The standard InChI is InChI=1S/C16H14FNO2/c1-11(19)14-5-6-16(15(17)8-14)20-10-13-4-2-3-12(7-13)9-18/h2-8,11,19H,10H2,1H3/t11-/m0/s1. The Hall–Kier alpha value is -2.38. The molecule has 4 heteroatoms. The van der Waals surface area contributed by atoms with E-state index in [4.69, 9.17) is 10.00 Å². The third-order valence-corrected chi connectivity index (χ3v) is 2.89. The maximum Gasteiger partial charge on any atom is 0.165 e. The van der Waals surface area contributed by atoms with Gasteiger partial charge in [0.25, 0.3) is 0 Å². The molecule has 0 saturated carbocycles. The zero-order valence-corrected chi connectivity index (χ0v) is 11.0. The predicted octanol–water partition coefficient (Wildman–Crippen LogP) is 3.33. The Morgan fingerprint density at radius 3 is 2.75 bits per heavy atom. The van der Waals surface area contributed by atoms with E-state index in [1.54, 1.807) is 31.2 Å². The lowest BCUT2D eigenvalue weighted by atomic mass is 10.1. The zero-order valence-electron chi connectivity index (χ0n) is 11.0. The van der Waals surface area contributed by atoms with E-state index in [0.29, 0.717) is 11.1 Å². The molecule has 2 aromatic rings. The van der Waals surface area contributed by atoms with Gasteiger partial charge in [-0.25, -0.2) is 4.39 Å². The van der Waals surface area contributed by atoms with Gasteiger partial charge in [-0.15, -0.1) is 0 Å². The molecule has 0 heterocycles. The molecule has 20 heavy (non-hydrogen) atoms. The molecule has 0 aliphatic heterocycles. The Kier molecular flexibility index (Phi) is 4.34. The maximum absolute atomic E-state index is 13.8. The number of aliphatic hydroxyl groups is 1. The summed E-state index contributed by atoms with van der Waals surface area (Å²) in [5.41, 5.74) is 1.83. The van der Waals surface area contributed by atoms with E-state index in [-0.39, 0.29) is 12.4 Å². The van der Waals surface area contributed by atoms with Gasteiger partial charge < -0.3 is 9.84 Å². The summed E-state index contributed by atoms with van der Waals surface area (Å²) >= 11 is 0. The summed E-state index contributed by atoms with van der Waals surface area (Å²) in [5, 5.41) is 18.2. The molecule has 2 rings (SSSR count). The number of halogens is 1. The quantitative estimate of drug-likeness (QED) is 0.928. The number of aliphatic hydroxyl groups excluding tert-OH is 1. The summed E-state index contributed by atoms with van der Waals surface area (Å²) < 4.78 is 19.2. The third kappa shape index (κ3) is 3.34. The Labute approximate surface area is 116 Å². The Bertz CT molecular complexity index is 647. The van der Waals surface area contributed by atoms with E-state index in [9.17, 15) is 9.50 Å². The summed E-state index contributed by atoms with van der Waals surface area (Å²) in [6, 6.07) is 13.4. The average Bonchev–Trinajstić information content (AvgIpc) is 2.46. The van der Waals surface area contributed by atoms with Gasteiger partial charge in [0.1, 0.15) is 6.61 Å². The van der Waals surface area contributed by atoms with Crippen molar-refractivity contribution in [3.63, 3.8) is 0 Å². The lowest BCUT2D eigenvalue weighted by Gasteiger charge is -2.10. The van der Waals surface area contributed by atoms with Crippen LogP contribution in [-0.2, 0) is 6.61 Å². The van der Waals surface area contributed by atoms with Crippen LogP contribution in [0.5, 0.6) is 5.75 Å². The van der Waals surface area contributed by atoms with Gasteiger partial charge in [0.05, 0.1) is 17.7 Å². The number of rotatable bonds is 4. The summed E-state index contributed by atoms with van der Waals surface area (Å²) in [6.07, 6.45) is -0.717. The van der Waals surface area contributed by atoms with Crippen LogP contribution in [-0.4, -0.2) is 5.11 Å². The lowest BCUT2D eigenvalue weighted by molar-refractivity contribution is 0.198. The Morgan fingerprint density at radius 2 is 2.10 bits per heavy atom. The first kappa shape index (κ1) is 14.0. The fourth-order valence-electron chi connectivity index (χ4n) is 1.79. The number of nitrogens with zero attached hydrogens (tertiary/aromatic N) is 1. The highest BCUT2D eigenvalue weighted by Crippen LogP contribution is 2.22. The molecule has 1 N–H and O–H groups in total. The maximum atomic E-state index is 13.8. The van der Waals surface area contributed by atoms with E-state index in [0.717, 1.165) is 5.56 Å². The minimum Gasteiger partial charge on any atom is -0.486 e. The van der Waals surface area contributed by atoms with Gasteiger partial charge in [-0.05, 0) is 42.3 Å². The van der Waals surface area contributed by atoms with Crippen molar-refractivity contribution in [1.82, 2.24) is 0 Å². The summed E-state index contributed by atoms with van der Waals surface area (Å²) in [7, 11) is 0. The lowest BCUT2D eigenvalue weighted by Crippen LogP contribution is -1.99. The van der Waals surface area contributed by atoms with Crippen LogP contribution in [0.25, 0.3) is 0 Å². The summed E-state index contributed by atoms with van der Waals surface area (Å²) in [4.78, 5) is 0. The van der Waals surface area contributed by atoms with E-state index in [2.05, 4.69) is 0 Å². The molecule has 1 atom stereocenters. The van der Waals surface area contributed by atoms with Gasteiger partial charge in [-0.1, -0.05) is 18.2 Å². The molecule has 0 bridgehead atoms. The van der Waals surface area contributed by atoms with Gasteiger partial charge in [0, 0.05) is 0 Å². The van der Waals surface area contributed by atoms with Crippen LogP contribution in [0.4, 0.5) is 4.39 Å². The molecule has 0 fully saturated rings. The van der Waals surface area contributed by atoms with Gasteiger partial charge >= 0.3 is 0 Å². The van der Waals surface area contributed by atoms with Crippen molar-refractivity contribution < 1.29 is 14.2 Å². The molecule has 2 aromatic carbocycles. The van der Waals surface area contributed by atoms with Gasteiger partial charge in [-0.2, -0.15) is 5.26 Å². The molecule has 0 unspecified atom stereocenters. The van der Waals surface area contributed by atoms with Crippen LogP contribution < -0.4 is 4.74 Å². The third-order valence-electron chi connectivity index (χ3n) is 2.89. The normalized spacial score (nSPS) is 11.7. The summed E-state index contributed by atoms with van der Waals surface area (Å²) in [6.45, 7) is 1.75. The van der Waals surface area contributed by atoms with Crippen molar-refractivity contribution in [2.24, 2.45) is 0 Å². The highest BCUT2D eigenvalue weighted by atomic mass is 19.1. The van der Waals surface area contributed by atoms with Crippen molar-refractivity contribution in [2.45, 2.75) is 19.6 Å². The number of ether oxygens (including phenoxy) is 1. The molecule has 0 aromatic heterocycles. The second-order valence-corrected chi connectivity index (χ2v) is 4.47. The molecule has 0 radical (unpaired) electrons. The van der Waals surface area contributed by atoms with Crippen molar-refractivity contribution in [3.8, 4) is 11.8 Å². The smallest absolute Gasteiger partial charge is 0.165 e. The fourth-order valence-corrected chi connectivity index (χ4v) is 1.79. The topological polar surface area (TPSA) is 53.2 Å². The number of nitriles is 1. The Balaban J connectivity index is 2.09. The first-order valence-corrected chi connectivity index (χ1v) is 6.19.